The number of carbonyl (C=O) groups excluding carboxylic acids is 3. The van der Waals surface area contributed by atoms with Gasteiger partial charge in [-0.25, -0.2) is 9.78 Å². The number of aliphatic hydroxyl groups excluding tert-OH is 1. The fraction of sp³-hybridized carbons (Fsp3) is 0.412. The van der Waals surface area contributed by atoms with Gasteiger partial charge in [-0.2, -0.15) is 0 Å². The maximum Gasteiger partial charge on any atom is 0.350 e. The SMILES string of the molecule is CCCCCCOc1ccc([C@@H]2C(=C(O)c3ccc(OCCCC)cc3)C(=O)C(=O)N2c2nc(C)c(C(=O)OC)s2)cc1OC. The minimum atomic E-state index is -1.07. The number of hydrogen-bond donors (Lipinski definition) is 1. The molecule has 0 bridgehead atoms. The number of aryl methyl sites for hydroxylation is 1. The van der Waals surface area contributed by atoms with E-state index in [-0.39, 0.29) is 21.3 Å². The highest BCUT2D eigenvalue weighted by Gasteiger charge is 2.48. The van der Waals surface area contributed by atoms with Crippen LogP contribution < -0.4 is 19.1 Å². The number of Topliss-reactive ketones (excluding diaryl/α,β-unsaturated/α-hetero) is 1. The van der Waals surface area contributed by atoms with E-state index in [2.05, 4.69) is 18.8 Å². The summed E-state index contributed by atoms with van der Waals surface area (Å²) in [5, 5.41) is 11.7. The Morgan fingerprint density at radius 3 is 2.31 bits per heavy atom. The number of aliphatic hydroxyl groups is 1. The van der Waals surface area contributed by atoms with Gasteiger partial charge in [-0.1, -0.05) is 56.9 Å². The molecule has 45 heavy (non-hydrogen) atoms. The molecule has 11 heteroatoms. The molecule has 4 rings (SSSR count). The van der Waals surface area contributed by atoms with Crippen LogP contribution in [-0.4, -0.2) is 55.2 Å². The molecular weight excluding hydrogens is 596 g/mol. The van der Waals surface area contributed by atoms with E-state index >= 15 is 0 Å². The first kappa shape index (κ1) is 33.5. The minimum absolute atomic E-state index is 0.119. The number of methoxy groups -OCH3 is 2. The minimum Gasteiger partial charge on any atom is -0.507 e. The highest BCUT2D eigenvalue weighted by molar-refractivity contribution is 7.17. The fourth-order valence-corrected chi connectivity index (χ4v) is 6.01. The van der Waals surface area contributed by atoms with Crippen LogP contribution in [0.4, 0.5) is 5.13 Å². The zero-order valence-electron chi connectivity index (χ0n) is 26.4. The van der Waals surface area contributed by atoms with E-state index in [4.69, 9.17) is 18.9 Å². The quantitative estimate of drug-likeness (QED) is 0.0617. The smallest absolute Gasteiger partial charge is 0.350 e. The normalized spacial score (nSPS) is 15.8. The van der Waals surface area contributed by atoms with E-state index in [9.17, 15) is 19.5 Å². The van der Waals surface area contributed by atoms with Gasteiger partial charge in [0.15, 0.2) is 16.6 Å². The number of unbranched alkanes of at least 4 members (excludes halogenated alkanes) is 4. The van der Waals surface area contributed by atoms with Crippen molar-refractivity contribution in [2.45, 2.75) is 65.3 Å². The summed E-state index contributed by atoms with van der Waals surface area (Å²) in [6, 6.07) is 10.8. The van der Waals surface area contributed by atoms with Gasteiger partial charge in [-0.15, -0.1) is 0 Å². The van der Waals surface area contributed by atoms with E-state index in [1.807, 2.05) is 0 Å². The Kier molecular flexibility index (Phi) is 11.6. The number of benzene rings is 2. The molecule has 0 radical (unpaired) electrons. The summed E-state index contributed by atoms with van der Waals surface area (Å²) in [5.41, 5.74) is 1.05. The maximum atomic E-state index is 13.7. The Hall–Kier alpha value is -4.38. The number of hydrogen-bond acceptors (Lipinski definition) is 10. The van der Waals surface area contributed by atoms with Gasteiger partial charge in [-0.05, 0) is 61.7 Å². The van der Waals surface area contributed by atoms with E-state index < -0.39 is 23.7 Å². The van der Waals surface area contributed by atoms with Crippen molar-refractivity contribution in [1.82, 2.24) is 4.98 Å². The average molecular weight is 637 g/mol. The summed E-state index contributed by atoms with van der Waals surface area (Å²) < 4.78 is 22.2. The topological polar surface area (TPSA) is 124 Å². The predicted molar refractivity (Wildman–Crippen MR) is 172 cm³/mol. The monoisotopic (exact) mass is 636 g/mol. The Morgan fingerprint density at radius 2 is 1.64 bits per heavy atom. The number of carbonyl (C=O) groups is 3. The summed E-state index contributed by atoms with van der Waals surface area (Å²) in [4.78, 5) is 45.6. The number of ether oxygens (including phenoxy) is 4. The molecule has 1 fully saturated rings. The van der Waals surface area contributed by atoms with E-state index in [1.54, 1.807) is 49.4 Å². The van der Waals surface area contributed by atoms with Crippen LogP contribution in [0.25, 0.3) is 5.76 Å². The lowest BCUT2D eigenvalue weighted by atomic mass is 9.95. The number of aromatic nitrogens is 1. The highest BCUT2D eigenvalue weighted by Crippen LogP contribution is 2.45. The summed E-state index contributed by atoms with van der Waals surface area (Å²) in [6.07, 6.45) is 6.10. The van der Waals surface area contributed by atoms with E-state index in [1.165, 1.54) is 19.1 Å². The average Bonchev–Trinajstić information content (AvgIpc) is 3.56. The molecule has 240 valence electrons. The van der Waals surface area contributed by atoms with Crippen molar-refractivity contribution < 1.29 is 38.4 Å². The number of anilines is 1. The molecule has 0 aliphatic carbocycles. The highest BCUT2D eigenvalue weighted by atomic mass is 32.1. The number of ketones is 1. The lowest BCUT2D eigenvalue weighted by molar-refractivity contribution is -0.132. The fourth-order valence-electron chi connectivity index (χ4n) is 5.00. The molecule has 2 heterocycles. The second kappa shape index (κ2) is 15.6. The first-order valence-corrected chi connectivity index (χ1v) is 16.0. The lowest BCUT2D eigenvalue weighted by Crippen LogP contribution is -2.29. The number of rotatable bonds is 15. The molecule has 1 aromatic heterocycles. The largest absolute Gasteiger partial charge is 0.507 e. The molecule has 3 aromatic rings. The molecule has 1 N–H and O–H groups in total. The molecule has 1 atom stereocenters. The van der Waals surface area contributed by atoms with Gasteiger partial charge in [-0.3, -0.25) is 14.5 Å². The van der Waals surface area contributed by atoms with Crippen LogP contribution in [0.15, 0.2) is 48.0 Å². The number of nitrogens with zero attached hydrogens (tertiary/aromatic N) is 2. The zero-order chi connectivity index (χ0) is 32.5. The van der Waals surface area contributed by atoms with Crippen molar-refractivity contribution in [3.05, 3.63) is 69.7 Å². The van der Waals surface area contributed by atoms with Gasteiger partial charge in [0.1, 0.15) is 16.4 Å². The third-order valence-corrected chi connectivity index (χ3v) is 8.60. The number of esters is 1. The van der Waals surface area contributed by atoms with Crippen LogP contribution in [0.2, 0.25) is 0 Å². The lowest BCUT2D eigenvalue weighted by Gasteiger charge is -2.24. The van der Waals surface area contributed by atoms with Crippen LogP contribution in [0.3, 0.4) is 0 Å². The van der Waals surface area contributed by atoms with Crippen molar-refractivity contribution in [2.24, 2.45) is 0 Å². The summed E-state index contributed by atoms with van der Waals surface area (Å²) in [7, 11) is 2.77. The molecule has 0 unspecified atom stereocenters. The second-order valence-corrected chi connectivity index (χ2v) is 11.6. The van der Waals surface area contributed by atoms with Gasteiger partial charge in [0.05, 0.1) is 44.7 Å². The molecule has 10 nitrogen and oxygen atoms in total. The summed E-state index contributed by atoms with van der Waals surface area (Å²) in [5.74, 6) is -1.17. The van der Waals surface area contributed by atoms with Crippen LogP contribution in [0.5, 0.6) is 17.2 Å². The summed E-state index contributed by atoms with van der Waals surface area (Å²) >= 11 is 0.936. The summed E-state index contributed by atoms with van der Waals surface area (Å²) in [6.45, 7) is 6.92. The molecule has 1 aliphatic heterocycles. The standard InChI is InChI=1S/C34H40N2O8S/c1-6-8-10-11-19-44-25-17-14-23(20-26(25)41-4)28-27(29(37)22-12-15-24(16-13-22)43-18-9-7-2)30(38)32(39)36(28)34-35-21(3)31(45-34)33(40)42-5/h12-17,20,28,37H,6-11,18-19H2,1-5H3/t28-/m1/s1. The van der Waals surface area contributed by atoms with Gasteiger partial charge in [0.2, 0.25) is 0 Å². The number of thiazole rings is 1. The third-order valence-electron chi connectivity index (χ3n) is 7.46. The maximum absolute atomic E-state index is 13.7. The van der Waals surface area contributed by atoms with Gasteiger partial charge in [0, 0.05) is 5.56 Å². The molecule has 1 amide bonds. The van der Waals surface area contributed by atoms with E-state index in [0.29, 0.717) is 47.3 Å². The Bertz CT molecular complexity index is 1550. The van der Waals surface area contributed by atoms with Crippen LogP contribution in [-0.2, 0) is 14.3 Å². The van der Waals surface area contributed by atoms with Crippen LogP contribution in [0.1, 0.15) is 84.9 Å². The van der Waals surface area contributed by atoms with Crippen molar-refractivity contribution in [3.63, 3.8) is 0 Å². The third kappa shape index (κ3) is 7.47. The molecular formula is C34H40N2O8S. The first-order chi connectivity index (χ1) is 21.7. The van der Waals surface area contributed by atoms with E-state index in [0.717, 1.165) is 49.9 Å². The van der Waals surface area contributed by atoms with Crippen molar-refractivity contribution in [1.29, 1.82) is 0 Å². The second-order valence-electron chi connectivity index (χ2n) is 10.6. The molecule has 1 saturated heterocycles. The number of amides is 1. The van der Waals surface area contributed by atoms with Crippen LogP contribution >= 0.6 is 11.3 Å². The first-order valence-electron chi connectivity index (χ1n) is 15.2. The molecule has 0 saturated carbocycles. The van der Waals surface area contributed by atoms with Crippen molar-refractivity contribution in [3.8, 4) is 17.2 Å². The predicted octanol–water partition coefficient (Wildman–Crippen LogP) is 7.01. The molecule has 1 aliphatic rings. The Labute approximate surface area is 267 Å². The van der Waals surface area contributed by atoms with Crippen molar-refractivity contribution >= 4 is 39.9 Å². The van der Waals surface area contributed by atoms with Crippen molar-refractivity contribution in [2.75, 3.05) is 32.3 Å². The van der Waals surface area contributed by atoms with Gasteiger partial charge < -0.3 is 24.1 Å². The molecule has 0 spiro atoms. The zero-order valence-corrected chi connectivity index (χ0v) is 27.2. The van der Waals surface area contributed by atoms with Crippen LogP contribution in [0, 0.1) is 6.92 Å². The van der Waals surface area contributed by atoms with Gasteiger partial charge >= 0.3 is 11.9 Å². The Morgan fingerprint density at radius 1 is 0.933 bits per heavy atom. The van der Waals surface area contributed by atoms with Gasteiger partial charge in [0.25, 0.3) is 5.78 Å². The Balaban J connectivity index is 1.79. The molecule has 2 aromatic carbocycles.